The maximum atomic E-state index is 13.5. The number of sulfonamides is 1. The molecule has 1 aliphatic heterocycles. The Balaban J connectivity index is 1.81. The van der Waals surface area contributed by atoms with Crippen LogP contribution >= 0.6 is 0 Å². The maximum Gasteiger partial charge on any atom is 0.284 e. The van der Waals surface area contributed by atoms with Gasteiger partial charge in [0.25, 0.3) is 10.0 Å². The van der Waals surface area contributed by atoms with Crippen LogP contribution in [0.15, 0.2) is 63.9 Å². The molecular formula is C23H27FN2O2S. The maximum absolute atomic E-state index is 13.5. The molecule has 0 aromatic heterocycles. The summed E-state index contributed by atoms with van der Waals surface area (Å²) < 4.78 is 43.9. The zero-order valence-electron chi connectivity index (χ0n) is 17.1. The summed E-state index contributed by atoms with van der Waals surface area (Å²) in [6.45, 7) is 7.57. The molecule has 1 heterocycles. The van der Waals surface area contributed by atoms with Crippen molar-refractivity contribution in [3.63, 3.8) is 0 Å². The molecular weight excluding hydrogens is 387 g/mol. The average Bonchev–Trinajstić information content (AvgIpc) is 2.90. The highest BCUT2D eigenvalue weighted by atomic mass is 32.2. The van der Waals surface area contributed by atoms with Crippen LogP contribution < -0.4 is 0 Å². The second-order valence-electron chi connectivity index (χ2n) is 9.55. The molecule has 0 N–H and O–H groups in total. The van der Waals surface area contributed by atoms with Crippen LogP contribution in [0, 0.1) is 16.6 Å². The van der Waals surface area contributed by atoms with Crippen molar-refractivity contribution in [2.24, 2.45) is 15.2 Å². The second-order valence-corrected chi connectivity index (χ2v) is 11.2. The molecule has 0 radical (unpaired) electrons. The Morgan fingerprint density at radius 1 is 1.03 bits per heavy atom. The van der Waals surface area contributed by atoms with E-state index in [1.54, 1.807) is 42.5 Å². The minimum Gasteiger partial charge on any atom is -0.352 e. The molecule has 2 unspecified atom stereocenters. The predicted molar refractivity (Wildman–Crippen MR) is 113 cm³/mol. The molecule has 4 nitrogen and oxygen atoms in total. The molecule has 2 aromatic rings. The van der Waals surface area contributed by atoms with Gasteiger partial charge in [0, 0.05) is 18.2 Å². The Hall–Kier alpha value is -2.21. The number of rotatable bonds is 3. The molecule has 2 fully saturated rings. The molecule has 2 aliphatic rings. The van der Waals surface area contributed by atoms with Gasteiger partial charge in [0.1, 0.15) is 11.7 Å². The standard InChI is InChI=1S/C23H27FN2O2S/c1-22(2)13-19-14-23(3,15-22)16-26(19)21(17-9-11-18(24)12-10-17)25-29(27,28)20-7-5-4-6-8-20/h4-12,19H,13-16H2,1-3H3. The Morgan fingerprint density at radius 2 is 1.69 bits per heavy atom. The van der Waals surface area contributed by atoms with Crippen LogP contribution in [-0.2, 0) is 10.0 Å². The smallest absolute Gasteiger partial charge is 0.284 e. The van der Waals surface area contributed by atoms with Crippen molar-refractivity contribution < 1.29 is 12.8 Å². The third-order valence-electron chi connectivity index (χ3n) is 6.04. The first-order valence-corrected chi connectivity index (χ1v) is 11.4. The van der Waals surface area contributed by atoms with Crippen LogP contribution in [0.1, 0.15) is 45.6 Å². The first-order chi connectivity index (χ1) is 13.6. The number of hydrogen-bond acceptors (Lipinski definition) is 2. The molecule has 4 rings (SSSR count). The van der Waals surface area contributed by atoms with Gasteiger partial charge in [-0.15, -0.1) is 4.40 Å². The van der Waals surface area contributed by atoms with E-state index in [2.05, 4.69) is 30.1 Å². The van der Waals surface area contributed by atoms with Crippen LogP contribution in [0.3, 0.4) is 0 Å². The number of nitrogens with zero attached hydrogens (tertiary/aromatic N) is 2. The van der Waals surface area contributed by atoms with E-state index in [-0.39, 0.29) is 27.6 Å². The third-order valence-corrected chi connectivity index (χ3v) is 7.32. The molecule has 1 saturated heterocycles. The number of benzene rings is 2. The second kappa shape index (κ2) is 6.94. The molecule has 1 saturated carbocycles. The number of halogens is 1. The fraction of sp³-hybridized carbons (Fsp3) is 0.435. The average molecular weight is 415 g/mol. The Labute approximate surface area is 172 Å². The quantitative estimate of drug-likeness (QED) is 0.532. The van der Waals surface area contributed by atoms with Crippen molar-refractivity contribution in [2.45, 2.75) is 51.0 Å². The van der Waals surface area contributed by atoms with Gasteiger partial charge in [-0.2, -0.15) is 8.42 Å². The van der Waals surface area contributed by atoms with Crippen LogP contribution in [0.25, 0.3) is 0 Å². The lowest BCUT2D eigenvalue weighted by Crippen LogP contribution is -2.38. The first kappa shape index (κ1) is 20.1. The molecule has 0 spiro atoms. The lowest BCUT2D eigenvalue weighted by Gasteiger charge is -2.39. The summed E-state index contributed by atoms with van der Waals surface area (Å²) >= 11 is 0. The molecule has 2 aromatic carbocycles. The summed E-state index contributed by atoms with van der Waals surface area (Å²) in [6.07, 6.45) is 3.09. The Morgan fingerprint density at radius 3 is 2.34 bits per heavy atom. The molecule has 1 aliphatic carbocycles. The van der Waals surface area contributed by atoms with Crippen molar-refractivity contribution in [2.75, 3.05) is 6.54 Å². The summed E-state index contributed by atoms with van der Waals surface area (Å²) in [7, 11) is -3.88. The van der Waals surface area contributed by atoms with Crippen molar-refractivity contribution in [1.29, 1.82) is 0 Å². The van der Waals surface area contributed by atoms with E-state index in [1.807, 2.05) is 0 Å². The van der Waals surface area contributed by atoms with Gasteiger partial charge < -0.3 is 4.90 Å². The molecule has 6 heteroatoms. The Bertz CT molecular complexity index is 1030. The Kier molecular flexibility index (Phi) is 4.80. The largest absolute Gasteiger partial charge is 0.352 e. The van der Waals surface area contributed by atoms with Crippen molar-refractivity contribution in [3.05, 3.63) is 66.0 Å². The van der Waals surface area contributed by atoms with Gasteiger partial charge in [-0.05, 0) is 66.5 Å². The summed E-state index contributed by atoms with van der Waals surface area (Å²) in [5, 5.41) is 0. The zero-order valence-corrected chi connectivity index (χ0v) is 17.9. The normalized spacial score (nSPS) is 26.6. The highest BCUT2D eigenvalue weighted by Gasteiger charge is 2.50. The van der Waals surface area contributed by atoms with E-state index in [9.17, 15) is 12.8 Å². The van der Waals surface area contributed by atoms with Crippen molar-refractivity contribution in [3.8, 4) is 0 Å². The predicted octanol–water partition coefficient (Wildman–Crippen LogP) is 4.86. The molecule has 2 bridgehead atoms. The molecule has 29 heavy (non-hydrogen) atoms. The molecule has 2 atom stereocenters. The van der Waals surface area contributed by atoms with Gasteiger partial charge in [-0.1, -0.05) is 39.0 Å². The van der Waals surface area contributed by atoms with Gasteiger partial charge in [0.05, 0.1) is 4.90 Å². The van der Waals surface area contributed by atoms with Gasteiger partial charge in [0.2, 0.25) is 0 Å². The number of fused-ring (bicyclic) bond motifs is 2. The van der Waals surface area contributed by atoms with E-state index in [1.165, 1.54) is 12.1 Å². The number of likely N-dealkylation sites (tertiary alicyclic amines) is 1. The summed E-state index contributed by atoms with van der Waals surface area (Å²) in [4.78, 5) is 2.30. The first-order valence-electron chi connectivity index (χ1n) is 10.00. The van der Waals surface area contributed by atoms with Gasteiger partial charge in [0.15, 0.2) is 0 Å². The number of amidine groups is 1. The third kappa shape index (κ3) is 4.08. The van der Waals surface area contributed by atoms with E-state index in [4.69, 9.17) is 0 Å². The van der Waals surface area contributed by atoms with E-state index in [0.29, 0.717) is 11.4 Å². The minimum atomic E-state index is -3.88. The van der Waals surface area contributed by atoms with Gasteiger partial charge >= 0.3 is 0 Å². The van der Waals surface area contributed by atoms with Crippen LogP contribution in [0.5, 0.6) is 0 Å². The highest BCUT2D eigenvalue weighted by molar-refractivity contribution is 7.90. The lowest BCUT2D eigenvalue weighted by atomic mass is 9.65. The zero-order chi connectivity index (χ0) is 20.9. The lowest BCUT2D eigenvalue weighted by molar-refractivity contribution is 0.132. The topological polar surface area (TPSA) is 49.7 Å². The summed E-state index contributed by atoms with van der Waals surface area (Å²) in [5.74, 6) is 0.0626. The molecule has 0 amide bonds. The fourth-order valence-corrected chi connectivity index (χ4v) is 6.38. The highest BCUT2D eigenvalue weighted by Crippen LogP contribution is 2.52. The van der Waals surface area contributed by atoms with Crippen LogP contribution in [-0.4, -0.2) is 31.7 Å². The SMILES string of the molecule is CC1(C)CC2CC(C)(CN2C(=NS(=O)(=O)c2ccccc2)c2ccc(F)cc2)C1. The van der Waals surface area contributed by atoms with Crippen molar-refractivity contribution in [1.82, 2.24) is 4.90 Å². The fourth-order valence-electron chi connectivity index (χ4n) is 5.34. The molecule has 154 valence electrons. The van der Waals surface area contributed by atoms with E-state index < -0.39 is 10.0 Å². The van der Waals surface area contributed by atoms with Crippen LogP contribution in [0.4, 0.5) is 4.39 Å². The summed E-state index contributed by atoms with van der Waals surface area (Å²) in [5.41, 5.74) is 0.933. The number of hydrogen-bond donors (Lipinski definition) is 0. The van der Waals surface area contributed by atoms with E-state index in [0.717, 1.165) is 25.8 Å². The minimum absolute atomic E-state index is 0.115. The summed E-state index contributed by atoms with van der Waals surface area (Å²) in [6, 6.07) is 14.4. The van der Waals surface area contributed by atoms with Crippen molar-refractivity contribution >= 4 is 15.9 Å². The van der Waals surface area contributed by atoms with Gasteiger partial charge in [-0.25, -0.2) is 4.39 Å². The van der Waals surface area contributed by atoms with E-state index >= 15 is 0 Å². The van der Waals surface area contributed by atoms with Gasteiger partial charge in [-0.3, -0.25) is 0 Å². The monoisotopic (exact) mass is 414 g/mol. The van der Waals surface area contributed by atoms with Crippen LogP contribution in [0.2, 0.25) is 0 Å².